The van der Waals surface area contributed by atoms with Crippen LogP contribution in [0.15, 0.2) is 29.3 Å². The van der Waals surface area contributed by atoms with Gasteiger partial charge in [-0.1, -0.05) is 19.1 Å². The molecule has 0 saturated carbocycles. The summed E-state index contributed by atoms with van der Waals surface area (Å²) in [5.41, 5.74) is 1.25. The van der Waals surface area contributed by atoms with Crippen molar-refractivity contribution in [2.45, 2.75) is 58.5 Å². The highest BCUT2D eigenvalue weighted by Gasteiger charge is 2.23. The molecule has 1 aliphatic rings. The van der Waals surface area contributed by atoms with E-state index in [1.54, 1.807) is 7.11 Å². The van der Waals surface area contributed by atoms with E-state index in [4.69, 9.17) is 9.73 Å². The molecule has 1 aliphatic heterocycles. The summed E-state index contributed by atoms with van der Waals surface area (Å²) in [6.07, 6.45) is 3.84. The monoisotopic (exact) mass is 417 g/mol. The van der Waals surface area contributed by atoms with E-state index in [0.29, 0.717) is 19.5 Å². The Bertz CT molecular complexity index is 656. The highest BCUT2D eigenvalue weighted by atomic mass is 16.5. The molecule has 3 N–H and O–H groups in total. The molecular weight excluding hydrogens is 378 g/mol. The SMILES string of the molecule is CCNC(=NCC(c1ccc(OC)cc1)N1CCCC1)NCCC(=O)NC(C)CC. The van der Waals surface area contributed by atoms with E-state index >= 15 is 0 Å². The van der Waals surface area contributed by atoms with E-state index in [2.05, 4.69) is 39.9 Å². The average Bonchev–Trinajstić information content (AvgIpc) is 3.28. The first-order chi connectivity index (χ1) is 14.6. The third-order valence-corrected chi connectivity index (χ3v) is 5.51. The van der Waals surface area contributed by atoms with Crippen molar-refractivity contribution in [3.8, 4) is 5.75 Å². The molecule has 2 rings (SSSR count). The third-order valence-electron chi connectivity index (χ3n) is 5.51. The molecular formula is C23H39N5O2. The van der Waals surface area contributed by atoms with Crippen molar-refractivity contribution in [1.82, 2.24) is 20.9 Å². The molecule has 7 nitrogen and oxygen atoms in total. The van der Waals surface area contributed by atoms with Crippen LogP contribution in [0.4, 0.5) is 0 Å². The molecule has 0 spiro atoms. The molecule has 2 unspecified atom stereocenters. The van der Waals surface area contributed by atoms with Crippen LogP contribution in [0, 0.1) is 0 Å². The van der Waals surface area contributed by atoms with E-state index in [1.165, 1.54) is 18.4 Å². The predicted octanol–water partition coefficient (Wildman–Crippen LogP) is 2.69. The smallest absolute Gasteiger partial charge is 0.221 e. The lowest BCUT2D eigenvalue weighted by molar-refractivity contribution is -0.121. The fourth-order valence-corrected chi connectivity index (χ4v) is 3.57. The number of hydrogen-bond acceptors (Lipinski definition) is 4. The van der Waals surface area contributed by atoms with Crippen LogP contribution in [0.3, 0.4) is 0 Å². The first kappa shape index (κ1) is 24.0. The predicted molar refractivity (Wildman–Crippen MR) is 123 cm³/mol. The average molecular weight is 418 g/mol. The van der Waals surface area contributed by atoms with Crippen molar-refractivity contribution in [3.05, 3.63) is 29.8 Å². The number of nitrogens with zero attached hydrogens (tertiary/aromatic N) is 2. The van der Waals surface area contributed by atoms with Crippen molar-refractivity contribution < 1.29 is 9.53 Å². The van der Waals surface area contributed by atoms with Gasteiger partial charge in [-0.25, -0.2) is 0 Å². The van der Waals surface area contributed by atoms with Gasteiger partial charge in [0.15, 0.2) is 5.96 Å². The number of methoxy groups -OCH3 is 1. The maximum absolute atomic E-state index is 12.0. The van der Waals surface area contributed by atoms with Gasteiger partial charge in [0.05, 0.1) is 19.7 Å². The highest BCUT2D eigenvalue weighted by molar-refractivity contribution is 5.81. The number of hydrogen-bond donors (Lipinski definition) is 3. The lowest BCUT2D eigenvalue weighted by Gasteiger charge is -2.27. The molecule has 1 fully saturated rings. The Morgan fingerprint density at radius 1 is 1.17 bits per heavy atom. The first-order valence-electron chi connectivity index (χ1n) is 11.3. The maximum Gasteiger partial charge on any atom is 0.221 e. The van der Waals surface area contributed by atoms with E-state index < -0.39 is 0 Å². The van der Waals surface area contributed by atoms with Crippen molar-refractivity contribution in [2.24, 2.45) is 4.99 Å². The Balaban J connectivity index is 1.99. The van der Waals surface area contributed by atoms with Crippen LogP contribution < -0.4 is 20.7 Å². The summed E-state index contributed by atoms with van der Waals surface area (Å²) in [7, 11) is 1.69. The first-order valence-corrected chi connectivity index (χ1v) is 11.3. The summed E-state index contributed by atoms with van der Waals surface area (Å²) in [6.45, 7) is 10.4. The number of ether oxygens (including phenoxy) is 1. The number of guanidine groups is 1. The van der Waals surface area contributed by atoms with Crippen LogP contribution in [0.5, 0.6) is 5.75 Å². The zero-order valence-electron chi connectivity index (χ0n) is 19.0. The minimum Gasteiger partial charge on any atom is -0.497 e. The van der Waals surface area contributed by atoms with Crippen LogP contribution in [0.1, 0.15) is 58.1 Å². The van der Waals surface area contributed by atoms with E-state index in [0.717, 1.165) is 37.8 Å². The number of carbonyl (C=O) groups is 1. The molecule has 1 heterocycles. The summed E-state index contributed by atoms with van der Waals surface area (Å²) in [4.78, 5) is 19.4. The number of amides is 1. The third kappa shape index (κ3) is 7.86. The summed E-state index contributed by atoms with van der Waals surface area (Å²) in [6, 6.07) is 8.75. The quantitative estimate of drug-likeness (QED) is 0.381. The molecule has 2 atom stereocenters. The van der Waals surface area contributed by atoms with Gasteiger partial charge in [-0.2, -0.15) is 0 Å². The van der Waals surface area contributed by atoms with Gasteiger partial charge in [0.2, 0.25) is 5.91 Å². The van der Waals surface area contributed by atoms with Crippen molar-refractivity contribution in [2.75, 3.05) is 39.8 Å². The number of benzene rings is 1. The van der Waals surface area contributed by atoms with Crippen LogP contribution in [0.25, 0.3) is 0 Å². The van der Waals surface area contributed by atoms with Crippen LogP contribution in [-0.4, -0.2) is 62.6 Å². The van der Waals surface area contributed by atoms with Gasteiger partial charge in [0, 0.05) is 25.6 Å². The summed E-state index contributed by atoms with van der Waals surface area (Å²) in [5, 5.41) is 9.59. The van der Waals surface area contributed by atoms with E-state index in [1.807, 2.05) is 26.0 Å². The minimum absolute atomic E-state index is 0.0703. The molecule has 168 valence electrons. The molecule has 1 aromatic carbocycles. The number of aliphatic imine (C=N–C) groups is 1. The lowest BCUT2D eigenvalue weighted by Crippen LogP contribution is -2.41. The molecule has 1 aromatic rings. The van der Waals surface area contributed by atoms with Gasteiger partial charge in [-0.3, -0.25) is 14.7 Å². The lowest BCUT2D eigenvalue weighted by atomic mass is 10.1. The maximum atomic E-state index is 12.0. The second kappa shape index (κ2) is 13.1. The summed E-state index contributed by atoms with van der Waals surface area (Å²) >= 11 is 0. The molecule has 7 heteroatoms. The van der Waals surface area contributed by atoms with Crippen molar-refractivity contribution in [3.63, 3.8) is 0 Å². The molecule has 1 saturated heterocycles. The summed E-state index contributed by atoms with van der Waals surface area (Å²) < 4.78 is 5.31. The molecule has 0 aliphatic carbocycles. The number of likely N-dealkylation sites (tertiary alicyclic amines) is 1. The summed E-state index contributed by atoms with van der Waals surface area (Å²) in [5.74, 6) is 1.69. The van der Waals surface area contributed by atoms with Crippen LogP contribution in [-0.2, 0) is 4.79 Å². The minimum atomic E-state index is 0.0703. The van der Waals surface area contributed by atoms with E-state index in [-0.39, 0.29) is 18.0 Å². The zero-order chi connectivity index (χ0) is 21.8. The standard InChI is InChI=1S/C23H39N5O2/c1-5-18(3)27-22(29)13-14-25-23(24-6-2)26-17-21(28-15-7-8-16-28)19-9-11-20(30-4)12-10-19/h9-12,18,21H,5-8,13-17H2,1-4H3,(H,27,29)(H2,24,25,26). The van der Waals surface area contributed by atoms with Crippen LogP contribution >= 0.6 is 0 Å². The fraction of sp³-hybridized carbons (Fsp3) is 0.652. The van der Waals surface area contributed by atoms with Gasteiger partial charge in [0.1, 0.15) is 5.75 Å². The fourth-order valence-electron chi connectivity index (χ4n) is 3.57. The van der Waals surface area contributed by atoms with E-state index in [9.17, 15) is 4.79 Å². The topological polar surface area (TPSA) is 78.0 Å². The molecule has 30 heavy (non-hydrogen) atoms. The Morgan fingerprint density at radius 2 is 1.87 bits per heavy atom. The Morgan fingerprint density at radius 3 is 2.47 bits per heavy atom. The molecule has 0 radical (unpaired) electrons. The van der Waals surface area contributed by atoms with Gasteiger partial charge >= 0.3 is 0 Å². The zero-order valence-corrected chi connectivity index (χ0v) is 19.0. The van der Waals surface area contributed by atoms with Gasteiger partial charge in [-0.15, -0.1) is 0 Å². The Kier molecular flexibility index (Phi) is 10.5. The largest absolute Gasteiger partial charge is 0.497 e. The second-order valence-electron chi connectivity index (χ2n) is 7.81. The normalized spacial score (nSPS) is 16.7. The molecule has 0 bridgehead atoms. The Hall–Kier alpha value is -2.28. The van der Waals surface area contributed by atoms with Gasteiger partial charge < -0.3 is 20.7 Å². The molecule has 1 amide bonds. The second-order valence-corrected chi connectivity index (χ2v) is 7.81. The van der Waals surface area contributed by atoms with Crippen LogP contribution in [0.2, 0.25) is 0 Å². The highest BCUT2D eigenvalue weighted by Crippen LogP contribution is 2.27. The Labute approximate surface area is 181 Å². The number of carbonyl (C=O) groups excluding carboxylic acids is 1. The van der Waals surface area contributed by atoms with Crippen molar-refractivity contribution in [1.29, 1.82) is 0 Å². The van der Waals surface area contributed by atoms with Crippen molar-refractivity contribution >= 4 is 11.9 Å². The number of rotatable bonds is 11. The number of nitrogens with one attached hydrogen (secondary N) is 3. The van der Waals surface area contributed by atoms with Gasteiger partial charge in [0.25, 0.3) is 0 Å². The molecule has 0 aromatic heterocycles. The van der Waals surface area contributed by atoms with Gasteiger partial charge in [-0.05, 0) is 63.9 Å².